The highest BCUT2D eigenvalue weighted by atomic mass is 16.6. The average molecular weight is 363 g/mol. The molecule has 2 amide bonds. The summed E-state index contributed by atoms with van der Waals surface area (Å²) in [7, 11) is 0. The van der Waals surface area contributed by atoms with E-state index in [4.69, 9.17) is 4.74 Å². The molecule has 1 aromatic rings. The molecule has 1 aromatic heterocycles. The van der Waals surface area contributed by atoms with E-state index in [0.29, 0.717) is 25.1 Å². The number of likely N-dealkylation sites (tertiary alicyclic amines) is 1. The molecular weight excluding hydrogens is 334 g/mol. The van der Waals surface area contributed by atoms with Gasteiger partial charge in [-0.05, 0) is 59.1 Å². The van der Waals surface area contributed by atoms with Crippen molar-refractivity contribution >= 4 is 12.0 Å². The lowest BCUT2D eigenvalue weighted by Gasteiger charge is -2.33. The summed E-state index contributed by atoms with van der Waals surface area (Å²) < 4.78 is 5.39. The summed E-state index contributed by atoms with van der Waals surface area (Å²) in [5, 5.41) is 2.84. The Hall–Kier alpha value is -2.31. The second-order valence-electron chi connectivity index (χ2n) is 7.93. The molecule has 0 aliphatic carbocycles. The molecule has 7 heteroatoms. The molecule has 1 aliphatic rings. The number of ether oxygens (including phenoxy) is 1. The minimum absolute atomic E-state index is 0.141. The number of aryl methyl sites for hydroxylation is 2. The fourth-order valence-electron chi connectivity index (χ4n) is 3.10. The molecule has 1 saturated heterocycles. The predicted octanol–water partition coefficient (Wildman–Crippen LogP) is 2.26. The van der Waals surface area contributed by atoms with E-state index in [-0.39, 0.29) is 30.0 Å². The normalized spacial score (nSPS) is 17.7. The Balaban J connectivity index is 1.95. The van der Waals surface area contributed by atoms with E-state index in [1.807, 2.05) is 40.7 Å². The number of pyridine rings is 1. The topological polar surface area (TPSA) is 91.5 Å². The van der Waals surface area contributed by atoms with Crippen molar-refractivity contribution in [2.24, 2.45) is 5.92 Å². The molecule has 1 atom stereocenters. The number of rotatable bonds is 3. The molecule has 2 heterocycles. The van der Waals surface area contributed by atoms with E-state index in [1.165, 1.54) is 0 Å². The molecule has 0 spiro atoms. The van der Waals surface area contributed by atoms with Crippen LogP contribution in [0.3, 0.4) is 0 Å². The van der Waals surface area contributed by atoms with Crippen LogP contribution in [0.1, 0.15) is 50.4 Å². The Bertz CT molecular complexity index is 733. The fourth-order valence-corrected chi connectivity index (χ4v) is 3.10. The van der Waals surface area contributed by atoms with Crippen LogP contribution in [0.15, 0.2) is 10.9 Å². The van der Waals surface area contributed by atoms with Gasteiger partial charge in [-0.15, -0.1) is 0 Å². The van der Waals surface area contributed by atoms with Gasteiger partial charge in [0, 0.05) is 30.9 Å². The lowest BCUT2D eigenvalue weighted by Crippen LogP contribution is -2.47. The van der Waals surface area contributed by atoms with Gasteiger partial charge in [-0.25, -0.2) is 4.79 Å². The number of carbonyl (C=O) groups excluding carboxylic acids is 2. The van der Waals surface area contributed by atoms with Crippen molar-refractivity contribution in [2.75, 3.05) is 13.1 Å². The van der Waals surface area contributed by atoms with E-state index in [1.54, 1.807) is 4.90 Å². The maximum atomic E-state index is 12.5. The Kier molecular flexibility index (Phi) is 6.10. The number of nitrogens with one attached hydrogen (secondary N) is 2. The number of aromatic nitrogens is 1. The number of carbonyl (C=O) groups is 2. The fraction of sp³-hybridized carbons (Fsp3) is 0.632. The van der Waals surface area contributed by atoms with Crippen LogP contribution in [-0.4, -0.2) is 40.6 Å². The smallest absolute Gasteiger partial charge is 0.410 e. The van der Waals surface area contributed by atoms with E-state index in [9.17, 15) is 14.4 Å². The van der Waals surface area contributed by atoms with Crippen LogP contribution in [0.2, 0.25) is 0 Å². The van der Waals surface area contributed by atoms with Crippen LogP contribution >= 0.6 is 0 Å². The van der Waals surface area contributed by atoms with Crippen LogP contribution in [0.25, 0.3) is 0 Å². The standard InChI is InChI=1S/C19H29N3O4/c1-12-9-13(2)21-17(24)15(12)10-20-16(23)14-7-6-8-22(11-14)18(25)26-19(3,4)5/h9,14H,6-8,10-11H2,1-5H3,(H,20,23)(H,21,24)/t14-/m1/s1. The Morgan fingerprint density at radius 1 is 1.35 bits per heavy atom. The van der Waals surface area contributed by atoms with Crippen molar-refractivity contribution in [3.63, 3.8) is 0 Å². The van der Waals surface area contributed by atoms with Crippen molar-refractivity contribution in [1.29, 1.82) is 0 Å². The summed E-state index contributed by atoms with van der Waals surface area (Å²) in [6.45, 7) is 10.3. The molecule has 0 aromatic carbocycles. The zero-order valence-electron chi connectivity index (χ0n) is 16.3. The lowest BCUT2D eigenvalue weighted by molar-refractivity contribution is -0.126. The van der Waals surface area contributed by atoms with Gasteiger partial charge in [0.2, 0.25) is 5.91 Å². The molecular formula is C19H29N3O4. The minimum Gasteiger partial charge on any atom is -0.444 e. The van der Waals surface area contributed by atoms with Crippen LogP contribution in [0, 0.1) is 19.8 Å². The summed E-state index contributed by atoms with van der Waals surface area (Å²) in [6.07, 6.45) is 1.08. The number of amides is 2. The van der Waals surface area contributed by atoms with E-state index in [2.05, 4.69) is 10.3 Å². The Morgan fingerprint density at radius 2 is 2.04 bits per heavy atom. The average Bonchev–Trinajstić information content (AvgIpc) is 2.52. The SMILES string of the molecule is Cc1cc(C)c(CNC(=O)[C@@H]2CCCN(C(=O)OC(C)(C)C)C2)c(=O)[nH]1. The Labute approximate surface area is 154 Å². The first-order valence-corrected chi connectivity index (χ1v) is 9.02. The quantitative estimate of drug-likeness (QED) is 0.862. The third-order valence-electron chi connectivity index (χ3n) is 4.38. The van der Waals surface area contributed by atoms with Gasteiger partial charge in [-0.1, -0.05) is 0 Å². The van der Waals surface area contributed by atoms with Crippen LogP contribution in [0.4, 0.5) is 4.79 Å². The van der Waals surface area contributed by atoms with Crippen molar-refractivity contribution in [3.8, 4) is 0 Å². The van der Waals surface area contributed by atoms with Gasteiger partial charge in [-0.3, -0.25) is 9.59 Å². The summed E-state index contributed by atoms with van der Waals surface area (Å²) in [5.74, 6) is -0.432. The molecule has 2 N–H and O–H groups in total. The summed E-state index contributed by atoms with van der Waals surface area (Å²) >= 11 is 0. The number of piperidine rings is 1. The van der Waals surface area contributed by atoms with Crippen molar-refractivity contribution in [3.05, 3.63) is 33.2 Å². The summed E-state index contributed by atoms with van der Waals surface area (Å²) in [6, 6.07) is 1.88. The Morgan fingerprint density at radius 3 is 2.65 bits per heavy atom. The van der Waals surface area contributed by atoms with Gasteiger partial charge in [0.15, 0.2) is 0 Å². The van der Waals surface area contributed by atoms with Gasteiger partial charge in [0.25, 0.3) is 5.56 Å². The van der Waals surface area contributed by atoms with Gasteiger partial charge < -0.3 is 19.9 Å². The first-order valence-electron chi connectivity index (χ1n) is 9.02. The molecule has 144 valence electrons. The molecule has 1 fully saturated rings. The lowest BCUT2D eigenvalue weighted by atomic mass is 9.97. The van der Waals surface area contributed by atoms with Crippen LogP contribution < -0.4 is 10.9 Å². The molecule has 0 radical (unpaired) electrons. The molecule has 26 heavy (non-hydrogen) atoms. The zero-order valence-corrected chi connectivity index (χ0v) is 16.3. The molecule has 7 nitrogen and oxygen atoms in total. The second kappa shape index (κ2) is 7.93. The van der Waals surface area contributed by atoms with Crippen LogP contribution in [0.5, 0.6) is 0 Å². The monoisotopic (exact) mass is 363 g/mol. The summed E-state index contributed by atoms with van der Waals surface area (Å²) in [4.78, 5) is 41.1. The van der Waals surface area contributed by atoms with Gasteiger partial charge in [0.1, 0.15) is 5.60 Å². The molecule has 0 unspecified atom stereocenters. The largest absolute Gasteiger partial charge is 0.444 e. The third kappa shape index (κ3) is 5.34. The highest BCUT2D eigenvalue weighted by Gasteiger charge is 2.31. The predicted molar refractivity (Wildman–Crippen MR) is 98.9 cm³/mol. The zero-order chi connectivity index (χ0) is 19.5. The van der Waals surface area contributed by atoms with Crippen molar-refractivity contribution in [2.45, 2.75) is 59.6 Å². The number of nitrogens with zero attached hydrogens (tertiary/aromatic N) is 1. The van der Waals surface area contributed by atoms with Crippen LogP contribution in [-0.2, 0) is 16.1 Å². The molecule has 2 rings (SSSR count). The highest BCUT2D eigenvalue weighted by Crippen LogP contribution is 2.19. The van der Waals surface area contributed by atoms with Crippen molar-refractivity contribution in [1.82, 2.24) is 15.2 Å². The van der Waals surface area contributed by atoms with E-state index < -0.39 is 5.60 Å². The van der Waals surface area contributed by atoms with Gasteiger partial charge in [0.05, 0.1) is 5.92 Å². The van der Waals surface area contributed by atoms with Gasteiger partial charge >= 0.3 is 6.09 Å². The van der Waals surface area contributed by atoms with E-state index >= 15 is 0 Å². The number of aromatic amines is 1. The van der Waals surface area contributed by atoms with Gasteiger partial charge in [-0.2, -0.15) is 0 Å². The van der Waals surface area contributed by atoms with E-state index in [0.717, 1.165) is 17.7 Å². The molecule has 0 saturated carbocycles. The first-order chi connectivity index (χ1) is 12.1. The number of hydrogen-bond acceptors (Lipinski definition) is 4. The maximum absolute atomic E-state index is 12.5. The highest BCUT2D eigenvalue weighted by molar-refractivity contribution is 5.80. The molecule has 1 aliphatic heterocycles. The number of hydrogen-bond donors (Lipinski definition) is 2. The second-order valence-corrected chi connectivity index (χ2v) is 7.93. The molecule has 0 bridgehead atoms. The van der Waals surface area contributed by atoms with Crippen molar-refractivity contribution < 1.29 is 14.3 Å². The maximum Gasteiger partial charge on any atom is 0.410 e. The summed E-state index contributed by atoms with van der Waals surface area (Å²) in [5.41, 5.74) is 1.47. The first kappa shape index (κ1) is 20.0. The third-order valence-corrected chi connectivity index (χ3v) is 4.38. The number of H-pyrrole nitrogens is 1. The minimum atomic E-state index is -0.559.